The fourth-order valence-corrected chi connectivity index (χ4v) is 4.10. The van der Waals surface area contributed by atoms with E-state index in [0.717, 1.165) is 11.6 Å². The number of hydrogen-bond acceptors (Lipinski definition) is 5. The van der Waals surface area contributed by atoms with E-state index >= 15 is 0 Å². The Balaban J connectivity index is 1.33. The summed E-state index contributed by atoms with van der Waals surface area (Å²) in [5.41, 5.74) is -0.243. The van der Waals surface area contributed by atoms with Crippen molar-refractivity contribution in [2.45, 2.75) is 12.6 Å². The lowest BCUT2D eigenvalue weighted by atomic mass is 10.1. The molecule has 0 aliphatic carbocycles. The number of hydrogen-bond donors (Lipinski definition) is 1. The van der Waals surface area contributed by atoms with Crippen LogP contribution in [-0.2, 0) is 12.6 Å². The molecule has 1 saturated heterocycles. The van der Waals surface area contributed by atoms with E-state index in [1.54, 1.807) is 12.1 Å². The number of aromatic nitrogens is 2. The van der Waals surface area contributed by atoms with Crippen molar-refractivity contribution >= 4 is 28.4 Å². The average molecular weight is 465 g/mol. The zero-order valence-corrected chi connectivity index (χ0v) is 17.6. The van der Waals surface area contributed by atoms with Crippen molar-refractivity contribution in [3.63, 3.8) is 0 Å². The molecule has 3 aromatic rings. The quantitative estimate of drug-likeness (QED) is 0.571. The smallest absolute Gasteiger partial charge is 0.343 e. The lowest BCUT2D eigenvalue weighted by Gasteiger charge is -2.34. The molecular formula is C21H19F4N5OS. The molecular weight excluding hydrogens is 446 g/mol. The lowest BCUT2D eigenvalue weighted by Crippen LogP contribution is -2.50. The number of amides is 2. The van der Waals surface area contributed by atoms with Gasteiger partial charge in [-0.3, -0.25) is 0 Å². The van der Waals surface area contributed by atoms with Gasteiger partial charge >= 0.3 is 12.2 Å². The van der Waals surface area contributed by atoms with Crippen LogP contribution in [0.3, 0.4) is 0 Å². The number of urea groups is 1. The number of halogens is 4. The number of benzene rings is 2. The summed E-state index contributed by atoms with van der Waals surface area (Å²) < 4.78 is 56.8. The minimum absolute atomic E-state index is 0.262. The van der Waals surface area contributed by atoms with E-state index in [1.807, 2.05) is 4.90 Å². The second kappa shape index (κ2) is 9.11. The number of rotatable bonds is 4. The van der Waals surface area contributed by atoms with Gasteiger partial charge in [-0.15, -0.1) is 0 Å². The van der Waals surface area contributed by atoms with Crippen LogP contribution in [-0.4, -0.2) is 46.5 Å². The van der Waals surface area contributed by atoms with Crippen LogP contribution in [0.25, 0.3) is 0 Å². The first-order valence-electron chi connectivity index (χ1n) is 9.84. The standard InChI is InChI=1S/C21H19F4N5OS/c22-15-7-5-14(6-8-15)13-18-27-20(32-28-18)30-11-9-29(10-12-30)19(31)26-17-4-2-1-3-16(17)21(23,24)25/h1-8H,9-13H2,(H,26,31). The number of piperazine rings is 1. The third-order valence-electron chi connectivity index (χ3n) is 5.04. The van der Waals surface area contributed by atoms with Crippen molar-refractivity contribution in [1.82, 2.24) is 14.3 Å². The number of nitrogens with zero attached hydrogens (tertiary/aromatic N) is 4. The Kier molecular flexibility index (Phi) is 6.26. The van der Waals surface area contributed by atoms with Gasteiger partial charge in [-0.2, -0.15) is 17.5 Å². The molecule has 0 atom stereocenters. The van der Waals surface area contributed by atoms with Gasteiger partial charge in [-0.25, -0.2) is 14.2 Å². The highest BCUT2D eigenvalue weighted by Crippen LogP contribution is 2.34. The van der Waals surface area contributed by atoms with E-state index in [0.29, 0.717) is 43.6 Å². The molecule has 6 nitrogen and oxygen atoms in total. The molecule has 2 amide bonds. The first kappa shape index (κ1) is 22.0. The fraction of sp³-hybridized carbons (Fsp3) is 0.286. The lowest BCUT2D eigenvalue weighted by molar-refractivity contribution is -0.136. The van der Waals surface area contributed by atoms with Gasteiger partial charge in [0.05, 0.1) is 11.3 Å². The minimum Gasteiger partial charge on any atom is -0.343 e. The zero-order valence-electron chi connectivity index (χ0n) is 16.8. The molecule has 4 rings (SSSR count). The van der Waals surface area contributed by atoms with Gasteiger partial charge in [-0.1, -0.05) is 24.3 Å². The van der Waals surface area contributed by atoms with Crippen LogP contribution in [0.1, 0.15) is 17.0 Å². The van der Waals surface area contributed by atoms with Crippen molar-refractivity contribution in [2.75, 3.05) is 36.4 Å². The molecule has 1 aromatic heterocycles. The normalized spacial score (nSPS) is 14.5. The Morgan fingerprint density at radius 2 is 1.72 bits per heavy atom. The molecule has 0 spiro atoms. The van der Waals surface area contributed by atoms with Crippen LogP contribution >= 0.6 is 11.5 Å². The molecule has 32 heavy (non-hydrogen) atoms. The second-order valence-electron chi connectivity index (χ2n) is 7.24. The van der Waals surface area contributed by atoms with Crippen LogP contribution < -0.4 is 10.2 Å². The molecule has 1 aliphatic rings. The maximum Gasteiger partial charge on any atom is 0.418 e. The molecule has 0 bridgehead atoms. The number of anilines is 2. The van der Waals surface area contributed by atoms with Gasteiger partial charge in [0.1, 0.15) is 11.6 Å². The monoisotopic (exact) mass is 465 g/mol. The van der Waals surface area contributed by atoms with Crippen molar-refractivity contribution in [3.05, 3.63) is 71.3 Å². The van der Waals surface area contributed by atoms with Crippen LogP contribution in [0, 0.1) is 5.82 Å². The summed E-state index contributed by atoms with van der Waals surface area (Å²) in [5, 5.41) is 3.09. The molecule has 2 heterocycles. The highest BCUT2D eigenvalue weighted by atomic mass is 32.1. The van der Waals surface area contributed by atoms with Crippen molar-refractivity contribution in [1.29, 1.82) is 0 Å². The molecule has 1 fully saturated rings. The molecule has 168 valence electrons. The van der Waals surface area contributed by atoms with Crippen molar-refractivity contribution in [3.8, 4) is 0 Å². The van der Waals surface area contributed by atoms with Crippen LogP contribution in [0.5, 0.6) is 0 Å². The van der Waals surface area contributed by atoms with Gasteiger partial charge in [0, 0.05) is 44.1 Å². The summed E-state index contributed by atoms with van der Waals surface area (Å²) in [5.74, 6) is 0.324. The van der Waals surface area contributed by atoms with Gasteiger partial charge < -0.3 is 15.1 Å². The predicted molar refractivity (Wildman–Crippen MR) is 113 cm³/mol. The Morgan fingerprint density at radius 3 is 2.41 bits per heavy atom. The van der Waals surface area contributed by atoms with E-state index in [2.05, 4.69) is 14.7 Å². The Hall–Kier alpha value is -3.21. The fourth-order valence-electron chi connectivity index (χ4n) is 3.36. The third-order valence-corrected chi connectivity index (χ3v) is 5.86. The Morgan fingerprint density at radius 1 is 1.03 bits per heavy atom. The topological polar surface area (TPSA) is 61.4 Å². The molecule has 1 aliphatic heterocycles. The maximum atomic E-state index is 13.1. The van der Waals surface area contributed by atoms with Crippen molar-refractivity contribution in [2.24, 2.45) is 0 Å². The highest BCUT2D eigenvalue weighted by molar-refractivity contribution is 7.09. The van der Waals surface area contributed by atoms with Gasteiger partial charge in [0.15, 0.2) is 0 Å². The molecule has 11 heteroatoms. The number of alkyl halides is 3. The maximum absolute atomic E-state index is 13.1. The second-order valence-corrected chi connectivity index (χ2v) is 7.97. The van der Waals surface area contributed by atoms with E-state index in [-0.39, 0.29) is 11.5 Å². The predicted octanol–water partition coefficient (Wildman–Crippen LogP) is 4.64. The number of carbonyl (C=O) groups is 1. The van der Waals surface area contributed by atoms with E-state index in [4.69, 9.17) is 0 Å². The third kappa shape index (κ3) is 5.16. The summed E-state index contributed by atoms with van der Waals surface area (Å²) >= 11 is 1.24. The first-order chi connectivity index (χ1) is 15.3. The van der Waals surface area contributed by atoms with Crippen molar-refractivity contribution < 1.29 is 22.4 Å². The van der Waals surface area contributed by atoms with Gasteiger partial charge in [0.25, 0.3) is 0 Å². The number of nitrogens with one attached hydrogen (secondary N) is 1. The SMILES string of the molecule is O=C(Nc1ccccc1C(F)(F)F)N1CCN(c2nc(Cc3ccc(F)cc3)ns2)CC1. The van der Waals surface area contributed by atoms with Gasteiger partial charge in [0.2, 0.25) is 5.13 Å². The zero-order chi connectivity index (χ0) is 22.7. The van der Waals surface area contributed by atoms with Crippen LogP contribution in [0.4, 0.5) is 33.2 Å². The minimum atomic E-state index is -4.55. The number of carbonyl (C=O) groups excluding carboxylic acids is 1. The largest absolute Gasteiger partial charge is 0.418 e. The van der Waals surface area contributed by atoms with Gasteiger partial charge in [-0.05, 0) is 29.8 Å². The first-order valence-corrected chi connectivity index (χ1v) is 10.6. The summed E-state index contributed by atoms with van der Waals surface area (Å²) in [6, 6.07) is 10.5. The molecule has 1 N–H and O–H groups in total. The molecule has 0 radical (unpaired) electrons. The molecule has 0 saturated carbocycles. The molecule has 2 aromatic carbocycles. The van der Waals surface area contributed by atoms with Crippen LogP contribution in [0.15, 0.2) is 48.5 Å². The highest BCUT2D eigenvalue weighted by Gasteiger charge is 2.34. The summed E-state index contributed by atoms with van der Waals surface area (Å²) in [7, 11) is 0. The average Bonchev–Trinajstić information content (AvgIpc) is 3.23. The Bertz CT molecular complexity index is 1080. The Labute approximate surface area is 185 Å². The van der Waals surface area contributed by atoms with Crippen LogP contribution in [0.2, 0.25) is 0 Å². The number of para-hydroxylation sites is 1. The molecule has 0 unspecified atom stereocenters. The van der Waals surface area contributed by atoms with E-state index in [1.165, 1.54) is 46.8 Å². The summed E-state index contributed by atoms with van der Waals surface area (Å²) in [4.78, 5) is 20.5. The summed E-state index contributed by atoms with van der Waals surface area (Å²) in [6.07, 6.45) is -4.07. The van der Waals surface area contributed by atoms with E-state index in [9.17, 15) is 22.4 Å². The van der Waals surface area contributed by atoms with E-state index < -0.39 is 17.8 Å². The summed E-state index contributed by atoms with van der Waals surface area (Å²) in [6.45, 7) is 1.65.